The molecule has 0 bridgehead atoms. The fourth-order valence-corrected chi connectivity index (χ4v) is 1.07. The SMILES string of the molecule is Cc1cccc(C(=O)O)c1[15N+](=O)[O-]. The fraction of sp³-hybridized carbons (Fsp3) is 0.125. The van der Waals surface area contributed by atoms with Gasteiger partial charge < -0.3 is 5.11 Å². The first-order valence-electron chi connectivity index (χ1n) is 3.51. The normalized spacial score (nSPS) is 9.62. The van der Waals surface area contributed by atoms with Crippen molar-refractivity contribution in [3.8, 4) is 0 Å². The van der Waals surface area contributed by atoms with Gasteiger partial charge in [-0.1, -0.05) is 12.1 Å². The molecule has 13 heavy (non-hydrogen) atoms. The summed E-state index contributed by atoms with van der Waals surface area (Å²) in [5.74, 6) is -1.28. The van der Waals surface area contributed by atoms with Crippen LogP contribution < -0.4 is 0 Å². The molecular formula is C8H7NO4. The first kappa shape index (κ1) is 9.18. The second-order valence-corrected chi connectivity index (χ2v) is 2.53. The minimum atomic E-state index is -1.28. The van der Waals surface area contributed by atoms with Gasteiger partial charge in [-0.25, -0.2) is 4.79 Å². The summed E-state index contributed by atoms with van der Waals surface area (Å²) in [7, 11) is 0. The second-order valence-electron chi connectivity index (χ2n) is 2.53. The molecule has 5 nitrogen and oxygen atoms in total. The number of carbonyl (C=O) groups is 1. The van der Waals surface area contributed by atoms with Crippen molar-refractivity contribution in [2.24, 2.45) is 0 Å². The van der Waals surface area contributed by atoms with Crippen molar-refractivity contribution in [3.05, 3.63) is 39.4 Å². The number of para-hydroxylation sites is 1. The lowest BCUT2D eigenvalue weighted by Gasteiger charge is -1.99. The zero-order valence-electron chi connectivity index (χ0n) is 6.85. The van der Waals surface area contributed by atoms with E-state index >= 15 is 0 Å². The van der Waals surface area contributed by atoms with Crippen LogP contribution in [-0.4, -0.2) is 16.0 Å². The third-order valence-electron chi connectivity index (χ3n) is 1.65. The van der Waals surface area contributed by atoms with Crippen molar-refractivity contribution in [1.29, 1.82) is 0 Å². The first-order valence-corrected chi connectivity index (χ1v) is 3.51. The largest absolute Gasteiger partial charge is 0.477 e. The molecule has 0 atom stereocenters. The lowest BCUT2D eigenvalue weighted by molar-refractivity contribution is -0.385. The average Bonchev–Trinajstić information content (AvgIpc) is 2.02. The molecule has 1 N–H and O–H groups in total. The van der Waals surface area contributed by atoms with Crippen molar-refractivity contribution in [2.45, 2.75) is 6.92 Å². The Kier molecular flexibility index (Phi) is 2.27. The highest BCUT2D eigenvalue weighted by molar-refractivity contribution is 5.92. The van der Waals surface area contributed by atoms with Crippen LogP contribution in [-0.2, 0) is 0 Å². The van der Waals surface area contributed by atoms with Crippen LogP contribution in [0.5, 0.6) is 0 Å². The number of carboxylic acid groups (broad SMARTS) is 1. The molecule has 5 heteroatoms. The van der Waals surface area contributed by atoms with E-state index in [1.54, 1.807) is 0 Å². The molecule has 0 spiro atoms. The van der Waals surface area contributed by atoms with E-state index < -0.39 is 10.9 Å². The van der Waals surface area contributed by atoms with Crippen LogP contribution in [0.15, 0.2) is 18.2 Å². The predicted molar refractivity (Wildman–Crippen MR) is 44.8 cm³/mol. The molecule has 0 unspecified atom stereocenters. The molecule has 68 valence electrons. The van der Waals surface area contributed by atoms with Crippen molar-refractivity contribution in [1.82, 2.24) is 0 Å². The third-order valence-corrected chi connectivity index (χ3v) is 1.65. The second kappa shape index (κ2) is 3.22. The molecule has 0 heterocycles. The lowest BCUT2D eigenvalue weighted by Crippen LogP contribution is -2.03. The van der Waals surface area contributed by atoms with Crippen LogP contribution >= 0.6 is 0 Å². The quantitative estimate of drug-likeness (QED) is 0.428. The molecular weight excluding hydrogens is 175 g/mol. The summed E-state index contributed by atoms with van der Waals surface area (Å²) in [6, 6.07) is 4.20. The maximum absolute atomic E-state index is 10.6. The van der Waals surface area contributed by atoms with Gasteiger partial charge in [-0.05, 0) is 13.0 Å². The summed E-state index contributed by atoms with van der Waals surface area (Å²) >= 11 is 0. The molecule has 0 saturated carbocycles. The molecule has 0 aliphatic rings. The molecule has 0 aromatic heterocycles. The lowest BCUT2D eigenvalue weighted by atomic mass is 10.1. The number of nitro groups is 1. The van der Waals surface area contributed by atoms with Crippen LogP contribution in [0.25, 0.3) is 0 Å². The number of nitro benzene ring substituents is 1. The van der Waals surface area contributed by atoms with Crippen LogP contribution in [0.3, 0.4) is 0 Å². The Labute approximate surface area is 73.8 Å². The van der Waals surface area contributed by atoms with Crippen molar-refractivity contribution >= 4 is 11.7 Å². The molecule has 1 aromatic rings. The standard InChI is InChI=1S/C8H7NO4/c1-5-3-2-4-6(8(10)11)7(5)9(12)13/h2-4H,1H3,(H,10,11)/i9+1. The van der Waals surface area contributed by atoms with Gasteiger partial charge in [0.15, 0.2) is 0 Å². The number of rotatable bonds is 2. The first-order chi connectivity index (χ1) is 6.04. The monoisotopic (exact) mass is 182 g/mol. The van der Waals surface area contributed by atoms with Crippen LogP contribution in [0, 0.1) is 17.0 Å². The van der Waals surface area contributed by atoms with E-state index in [-0.39, 0.29) is 11.3 Å². The van der Waals surface area contributed by atoms with E-state index in [9.17, 15) is 14.9 Å². The Bertz CT molecular complexity index is 372. The number of aromatic carboxylic acids is 1. The highest BCUT2D eigenvalue weighted by atomic mass is 16.9. The minimum Gasteiger partial charge on any atom is -0.477 e. The number of hydrogen-bond acceptors (Lipinski definition) is 3. The summed E-state index contributed by atoms with van der Waals surface area (Å²) in [5, 5.41) is 19.1. The molecule has 0 fully saturated rings. The Morgan fingerprint density at radius 2 is 2.15 bits per heavy atom. The molecule has 0 radical (unpaired) electrons. The van der Waals surface area contributed by atoms with Crippen LogP contribution in [0.1, 0.15) is 15.9 Å². The maximum atomic E-state index is 10.6. The van der Waals surface area contributed by atoms with Crippen molar-refractivity contribution < 1.29 is 14.8 Å². The number of hydrogen-bond donors (Lipinski definition) is 1. The summed E-state index contributed by atoms with van der Waals surface area (Å²) in [6.07, 6.45) is 0. The van der Waals surface area contributed by atoms with Gasteiger partial charge in [0.2, 0.25) is 0 Å². The van der Waals surface area contributed by atoms with Gasteiger partial charge in [0.1, 0.15) is 5.56 Å². The Hall–Kier alpha value is -1.91. The number of carboxylic acids is 1. The van der Waals surface area contributed by atoms with Gasteiger partial charge >= 0.3 is 5.97 Å². The molecule has 0 aliphatic heterocycles. The van der Waals surface area contributed by atoms with Crippen LogP contribution in [0.2, 0.25) is 0 Å². The van der Waals surface area contributed by atoms with Gasteiger partial charge in [0, 0.05) is 5.56 Å². The number of nitrogens with zero attached hydrogens (tertiary/aromatic N) is 1. The van der Waals surface area contributed by atoms with E-state index in [1.807, 2.05) is 0 Å². The van der Waals surface area contributed by atoms with E-state index in [0.717, 1.165) is 0 Å². The van der Waals surface area contributed by atoms with E-state index in [0.29, 0.717) is 5.56 Å². The Balaban J connectivity index is 3.43. The van der Waals surface area contributed by atoms with Gasteiger partial charge in [-0.15, -0.1) is 0 Å². The van der Waals surface area contributed by atoms with Crippen molar-refractivity contribution in [2.75, 3.05) is 0 Å². The zero-order valence-corrected chi connectivity index (χ0v) is 6.85. The summed E-state index contributed by atoms with van der Waals surface area (Å²) in [5.41, 5.74) is -0.259. The van der Waals surface area contributed by atoms with E-state index in [1.165, 1.54) is 25.1 Å². The summed E-state index contributed by atoms with van der Waals surface area (Å²) in [6.45, 7) is 1.50. The van der Waals surface area contributed by atoms with Gasteiger partial charge in [0.25, 0.3) is 5.69 Å². The van der Waals surface area contributed by atoms with Crippen molar-refractivity contribution in [3.63, 3.8) is 0 Å². The minimum absolute atomic E-state index is 0.273. The third kappa shape index (κ3) is 1.64. The van der Waals surface area contributed by atoms with Gasteiger partial charge in [0.05, 0.1) is 4.92 Å². The Morgan fingerprint density at radius 1 is 1.54 bits per heavy atom. The zero-order chi connectivity index (χ0) is 10.0. The topological polar surface area (TPSA) is 80.4 Å². The van der Waals surface area contributed by atoms with Gasteiger partial charge in [-0.3, -0.25) is 10.1 Å². The molecule has 0 amide bonds. The van der Waals surface area contributed by atoms with Crippen LogP contribution in [0.4, 0.5) is 5.69 Å². The highest BCUT2D eigenvalue weighted by Crippen LogP contribution is 2.22. The summed E-state index contributed by atoms with van der Waals surface area (Å²) < 4.78 is 0. The Morgan fingerprint density at radius 3 is 2.54 bits per heavy atom. The molecule has 1 aromatic carbocycles. The number of benzene rings is 1. The average molecular weight is 182 g/mol. The highest BCUT2D eigenvalue weighted by Gasteiger charge is 2.21. The summed E-state index contributed by atoms with van der Waals surface area (Å²) in [4.78, 5) is 20.4. The number of aryl methyl sites for hydroxylation is 1. The molecule has 1 rings (SSSR count). The van der Waals surface area contributed by atoms with E-state index in [2.05, 4.69) is 0 Å². The maximum Gasteiger partial charge on any atom is 0.342 e. The smallest absolute Gasteiger partial charge is 0.342 e. The van der Waals surface area contributed by atoms with E-state index in [4.69, 9.17) is 5.11 Å². The fourth-order valence-electron chi connectivity index (χ4n) is 1.07. The predicted octanol–water partition coefficient (Wildman–Crippen LogP) is 1.60. The molecule has 0 aliphatic carbocycles. The van der Waals surface area contributed by atoms with Gasteiger partial charge in [-0.2, -0.15) is 0 Å². The molecule has 0 saturated heterocycles.